The number of benzene rings is 5. The molecule has 5 aromatic rings. The molecule has 2 saturated heterocycles. The maximum Gasteiger partial charge on any atom is 0.260 e. The van der Waals surface area contributed by atoms with Gasteiger partial charge < -0.3 is 10.4 Å². The smallest absolute Gasteiger partial charge is 0.260 e. The molecule has 10 heteroatoms. The molecule has 274 valence electrons. The Labute approximate surface area is 317 Å². The Morgan fingerprint density at radius 2 is 1.38 bits per heavy atom. The van der Waals surface area contributed by atoms with E-state index in [-0.39, 0.29) is 24.7 Å². The second kappa shape index (κ2) is 13.1. The lowest BCUT2D eigenvalue weighted by Crippen LogP contribution is -2.53. The number of imide groups is 2. The van der Waals surface area contributed by atoms with Gasteiger partial charge in [0, 0.05) is 17.3 Å². The van der Waals surface area contributed by atoms with Gasteiger partial charge in [0.05, 0.1) is 34.5 Å². The van der Waals surface area contributed by atoms with Crippen LogP contribution in [0.3, 0.4) is 0 Å². The number of phenolic OH excluding ortho intramolecular Hbond substituents is 1. The summed E-state index contributed by atoms with van der Waals surface area (Å²) < 4.78 is 15.4. The molecule has 9 rings (SSSR count). The van der Waals surface area contributed by atoms with Crippen LogP contribution in [0.1, 0.15) is 35.4 Å². The van der Waals surface area contributed by atoms with Crippen LogP contribution in [-0.4, -0.2) is 33.7 Å². The zero-order valence-corrected chi connectivity index (χ0v) is 29.9. The van der Waals surface area contributed by atoms with Crippen LogP contribution in [0, 0.1) is 36.4 Å². The average Bonchev–Trinajstić information content (AvgIpc) is 3.58. The fourth-order valence-electron chi connectivity index (χ4n) is 9.46. The molecule has 4 aliphatic rings. The normalized spacial score (nSPS) is 25.6. The monoisotopic (exact) mass is 732 g/mol. The number of hydrazine groups is 1. The van der Waals surface area contributed by atoms with Crippen molar-refractivity contribution in [3.05, 3.63) is 162 Å². The van der Waals surface area contributed by atoms with Crippen molar-refractivity contribution in [3.8, 4) is 5.75 Å². The summed E-state index contributed by atoms with van der Waals surface area (Å²) in [5, 5.41) is 14.6. The highest BCUT2D eigenvalue weighted by Crippen LogP contribution is 2.64. The molecule has 0 bridgehead atoms. The summed E-state index contributed by atoms with van der Waals surface area (Å²) in [5.41, 5.74) is 6.86. The second-order valence-corrected chi connectivity index (χ2v) is 14.9. The summed E-state index contributed by atoms with van der Waals surface area (Å²) in [4.78, 5) is 60.1. The van der Waals surface area contributed by atoms with Crippen LogP contribution in [0.25, 0.3) is 0 Å². The van der Waals surface area contributed by atoms with Gasteiger partial charge in [0.1, 0.15) is 0 Å². The maximum atomic E-state index is 15.4. The Morgan fingerprint density at radius 3 is 2.07 bits per heavy atom. The summed E-state index contributed by atoms with van der Waals surface area (Å²) in [6, 6.07) is 37.2. The van der Waals surface area contributed by atoms with E-state index in [0.717, 1.165) is 21.9 Å². The molecule has 2 heterocycles. The molecule has 6 atom stereocenters. The number of fused-ring (bicyclic) bond motifs is 4. The lowest BCUT2D eigenvalue weighted by atomic mass is 9.49. The first-order chi connectivity index (χ1) is 26.7. The van der Waals surface area contributed by atoms with E-state index < -0.39 is 58.4 Å². The first kappa shape index (κ1) is 34.2. The molecule has 6 unspecified atom stereocenters. The van der Waals surface area contributed by atoms with E-state index in [4.69, 9.17) is 0 Å². The number of nitrogens with zero attached hydrogens (tertiary/aromatic N) is 2. The number of carbonyl (C=O) groups excluding carboxylic acids is 4. The van der Waals surface area contributed by atoms with Crippen molar-refractivity contribution in [2.24, 2.45) is 23.7 Å². The molecule has 55 heavy (non-hydrogen) atoms. The van der Waals surface area contributed by atoms with Crippen LogP contribution in [0.15, 0.2) is 139 Å². The topological polar surface area (TPSA) is 119 Å². The number of halogens is 1. The number of nitrogens with one attached hydrogen (secondary N) is 2. The lowest BCUT2D eigenvalue weighted by Gasteiger charge is -2.50. The van der Waals surface area contributed by atoms with E-state index in [1.54, 1.807) is 42.5 Å². The van der Waals surface area contributed by atoms with Gasteiger partial charge in [-0.05, 0) is 97.5 Å². The van der Waals surface area contributed by atoms with E-state index in [2.05, 4.69) is 10.7 Å². The van der Waals surface area contributed by atoms with Crippen molar-refractivity contribution in [1.82, 2.24) is 5.01 Å². The predicted molar refractivity (Wildman–Crippen MR) is 206 cm³/mol. The number of aromatic hydroxyl groups is 1. The summed E-state index contributed by atoms with van der Waals surface area (Å²) in [6.07, 6.45) is 2.27. The molecule has 0 radical (unpaired) electrons. The lowest BCUT2D eigenvalue weighted by molar-refractivity contribution is -0.138. The van der Waals surface area contributed by atoms with Crippen LogP contribution in [0.2, 0.25) is 0 Å². The van der Waals surface area contributed by atoms with Crippen LogP contribution in [0.4, 0.5) is 27.1 Å². The van der Waals surface area contributed by atoms with Gasteiger partial charge in [0.2, 0.25) is 11.8 Å². The van der Waals surface area contributed by atoms with Crippen molar-refractivity contribution in [1.29, 1.82) is 0 Å². The predicted octanol–water partition coefficient (Wildman–Crippen LogP) is 7.77. The number of rotatable bonds is 7. The Kier molecular flexibility index (Phi) is 8.14. The minimum Gasteiger partial charge on any atom is -0.505 e. The van der Waals surface area contributed by atoms with Crippen LogP contribution in [0.5, 0.6) is 5.75 Å². The number of phenols is 1. The molecule has 2 aliphatic heterocycles. The van der Waals surface area contributed by atoms with E-state index >= 15 is 9.18 Å². The maximum absolute atomic E-state index is 15.4. The zero-order chi connectivity index (χ0) is 38.0. The Hall–Kier alpha value is -6.55. The molecule has 5 aromatic carbocycles. The highest BCUT2D eigenvalue weighted by molar-refractivity contribution is 6.22. The first-order valence-corrected chi connectivity index (χ1v) is 18.4. The highest BCUT2D eigenvalue weighted by atomic mass is 19.1. The van der Waals surface area contributed by atoms with Crippen molar-refractivity contribution < 1.29 is 28.7 Å². The number of anilines is 4. The molecule has 0 spiro atoms. The standard InChI is InChI=1S/C45H37FN4O5/c1-26-12-15-31(16-13-26)48-50-42(53)36-25-35-33(40(27-14-23-38(51)37(46)24-27)45(36,44(50)55)28-8-4-2-5-9-28)21-22-34-39(35)43(54)49(41(34)52)32-19-17-30(18-20-32)47-29-10-6-3-7-11-29/h2-21,23-24,34-36,39-40,47-48,51H,22,25H2,1H3. The molecule has 3 N–H and O–H groups in total. The fraction of sp³-hybridized carbons (Fsp3) is 0.200. The quantitative estimate of drug-likeness (QED) is 0.116. The third-order valence-corrected chi connectivity index (χ3v) is 11.9. The van der Waals surface area contributed by atoms with E-state index in [0.29, 0.717) is 28.1 Å². The zero-order valence-electron chi connectivity index (χ0n) is 29.9. The summed E-state index contributed by atoms with van der Waals surface area (Å²) >= 11 is 0. The van der Waals surface area contributed by atoms with Crippen molar-refractivity contribution >= 4 is 46.4 Å². The van der Waals surface area contributed by atoms with Gasteiger partial charge in [-0.2, -0.15) is 5.01 Å². The van der Waals surface area contributed by atoms with Gasteiger partial charge in [-0.15, -0.1) is 0 Å². The molecule has 9 nitrogen and oxygen atoms in total. The minimum absolute atomic E-state index is 0.113. The molecule has 1 saturated carbocycles. The van der Waals surface area contributed by atoms with Crippen LogP contribution in [-0.2, 0) is 24.6 Å². The minimum atomic E-state index is -1.54. The summed E-state index contributed by atoms with van der Waals surface area (Å²) in [6.45, 7) is 1.94. The van der Waals surface area contributed by atoms with E-state index in [1.165, 1.54) is 17.0 Å². The fourth-order valence-corrected chi connectivity index (χ4v) is 9.46. The van der Waals surface area contributed by atoms with Crippen molar-refractivity contribution in [2.45, 2.75) is 31.1 Å². The highest BCUT2D eigenvalue weighted by Gasteiger charge is 2.70. The number of allylic oxidation sites excluding steroid dienone is 2. The van der Waals surface area contributed by atoms with Gasteiger partial charge in [-0.25, -0.2) is 4.39 Å². The summed E-state index contributed by atoms with van der Waals surface area (Å²) in [5.74, 6) is -7.09. The van der Waals surface area contributed by atoms with Gasteiger partial charge >= 0.3 is 0 Å². The third kappa shape index (κ3) is 5.34. The van der Waals surface area contributed by atoms with Crippen LogP contribution >= 0.6 is 0 Å². The molecular formula is C45H37FN4O5. The SMILES string of the molecule is Cc1ccc(NN2C(=O)C3CC4C(=CCC5C(=O)N(c6ccc(Nc7ccccc7)cc6)C(=O)C54)C(c4ccc(O)c(F)c4)C3(c3ccccc3)C2=O)cc1. The van der Waals surface area contributed by atoms with Gasteiger partial charge in [0.15, 0.2) is 11.6 Å². The molecular weight excluding hydrogens is 696 g/mol. The van der Waals surface area contributed by atoms with Crippen molar-refractivity contribution in [3.63, 3.8) is 0 Å². The van der Waals surface area contributed by atoms with E-state index in [9.17, 15) is 19.5 Å². The van der Waals surface area contributed by atoms with Gasteiger partial charge in [-0.3, -0.25) is 29.5 Å². The second-order valence-electron chi connectivity index (χ2n) is 14.9. The van der Waals surface area contributed by atoms with Gasteiger partial charge in [0.25, 0.3) is 11.8 Å². The van der Waals surface area contributed by atoms with Crippen LogP contribution < -0.4 is 15.6 Å². The Balaban J connectivity index is 1.14. The number of amides is 4. The number of para-hydroxylation sites is 1. The molecule has 4 amide bonds. The van der Waals surface area contributed by atoms with E-state index in [1.807, 2.05) is 85.8 Å². The molecule has 3 fully saturated rings. The van der Waals surface area contributed by atoms with Crippen molar-refractivity contribution in [2.75, 3.05) is 15.6 Å². The largest absolute Gasteiger partial charge is 0.505 e. The Bertz CT molecular complexity index is 2380. The number of hydrogen-bond donors (Lipinski definition) is 3. The number of carbonyl (C=O) groups is 4. The number of hydrogen-bond acceptors (Lipinski definition) is 7. The van der Waals surface area contributed by atoms with Gasteiger partial charge in [-0.1, -0.05) is 83.9 Å². The summed E-state index contributed by atoms with van der Waals surface area (Å²) in [7, 11) is 0. The molecule has 0 aromatic heterocycles. The third-order valence-electron chi connectivity index (χ3n) is 11.9. The molecule has 2 aliphatic carbocycles. The first-order valence-electron chi connectivity index (χ1n) is 18.4. The number of aryl methyl sites for hydroxylation is 1. The average molecular weight is 733 g/mol. The Morgan fingerprint density at radius 1 is 0.727 bits per heavy atom.